The van der Waals surface area contributed by atoms with Crippen molar-refractivity contribution in [2.75, 3.05) is 19.0 Å². The minimum absolute atomic E-state index is 0.0352. The van der Waals surface area contributed by atoms with E-state index < -0.39 is 5.91 Å². The number of rotatable bonds is 7. The maximum absolute atomic E-state index is 12.1. The van der Waals surface area contributed by atoms with E-state index in [-0.39, 0.29) is 5.57 Å². The summed E-state index contributed by atoms with van der Waals surface area (Å²) in [5.74, 6) is 0.543. The molecule has 2 rings (SSSR count). The summed E-state index contributed by atoms with van der Waals surface area (Å²) in [7, 11) is 1.52. The Bertz CT molecular complexity index is 792. The second-order valence-electron chi connectivity index (χ2n) is 4.47. The smallest absolute Gasteiger partial charge is 0.268 e. The number of nitrogens with zero attached hydrogens (tertiary/aromatic N) is 2. The van der Waals surface area contributed by atoms with Crippen molar-refractivity contribution in [1.29, 1.82) is 5.26 Å². The number of nitriles is 1. The molecule has 7 heteroatoms. The molecule has 1 aromatic heterocycles. The van der Waals surface area contributed by atoms with Crippen LogP contribution in [0.1, 0.15) is 5.56 Å². The molecular weight excluding hydrogens is 326 g/mol. The average Bonchev–Trinajstić information content (AvgIpc) is 3.11. The average molecular weight is 341 g/mol. The SMILES string of the molecule is C=CCOc1ccc(/C=C(\C#N)C(=O)Nc2nccs2)cc1OC. The molecule has 1 aromatic carbocycles. The van der Waals surface area contributed by atoms with Gasteiger partial charge in [0.25, 0.3) is 5.91 Å². The van der Waals surface area contributed by atoms with E-state index in [2.05, 4.69) is 16.9 Å². The van der Waals surface area contributed by atoms with Crippen molar-refractivity contribution in [3.05, 3.63) is 53.6 Å². The number of carbonyl (C=O) groups excluding carboxylic acids is 1. The van der Waals surface area contributed by atoms with Crippen LogP contribution in [0.3, 0.4) is 0 Å². The first kappa shape index (κ1) is 17.2. The van der Waals surface area contributed by atoms with Crippen LogP contribution >= 0.6 is 11.3 Å². The number of amides is 1. The van der Waals surface area contributed by atoms with Gasteiger partial charge in [0.1, 0.15) is 18.2 Å². The summed E-state index contributed by atoms with van der Waals surface area (Å²) in [6, 6.07) is 7.02. The van der Waals surface area contributed by atoms with Crippen molar-refractivity contribution in [2.45, 2.75) is 0 Å². The zero-order valence-electron chi connectivity index (χ0n) is 13.0. The van der Waals surface area contributed by atoms with E-state index in [4.69, 9.17) is 9.47 Å². The predicted molar refractivity (Wildman–Crippen MR) is 93.0 cm³/mol. The number of aromatic nitrogens is 1. The molecule has 0 unspecified atom stereocenters. The van der Waals surface area contributed by atoms with Crippen LogP contribution in [0.25, 0.3) is 6.08 Å². The minimum atomic E-state index is -0.515. The fourth-order valence-electron chi connectivity index (χ4n) is 1.81. The lowest BCUT2D eigenvalue weighted by Gasteiger charge is -2.10. The molecule has 1 N–H and O–H groups in total. The van der Waals surface area contributed by atoms with E-state index in [0.29, 0.717) is 28.8 Å². The first-order chi connectivity index (χ1) is 11.7. The molecular formula is C17H15N3O3S. The summed E-state index contributed by atoms with van der Waals surface area (Å²) in [6.07, 6.45) is 4.68. The Labute approximate surface area is 143 Å². The van der Waals surface area contributed by atoms with Gasteiger partial charge in [0, 0.05) is 11.6 Å². The molecule has 1 heterocycles. The number of benzene rings is 1. The van der Waals surface area contributed by atoms with Gasteiger partial charge in [-0.1, -0.05) is 18.7 Å². The molecule has 0 spiro atoms. The monoisotopic (exact) mass is 341 g/mol. The van der Waals surface area contributed by atoms with E-state index in [1.54, 1.807) is 35.9 Å². The summed E-state index contributed by atoms with van der Waals surface area (Å²) in [5, 5.41) is 14.0. The van der Waals surface area contributed by atoms with Gasteiger partial charge in [-0.15, -0.1) is 11.3 Å². The molecule has 0 aliphatic heterocycles. The van der Waals surface area contributed by atoms with Crippen molar-refractivity contribution in [3.63, 3.8) is 0 Å². The van der Waals surface area contributed by atoms with Crippen LogP contribution in [-0.2, 0) is 4.79 Å². The predicted octanol–water partition coefficient (Wildman–Crippen LogP) is 3.26. The summed E-state index contributed by atoms with van der Waals surface area (Å²) < 4.78 is 10.7. The Morgan fingerprint density at radius 2 is 2.33 bits per heavy atom. The Hall–Kier alpha value is -3.11. The van der Waals surface area contributed by atoms with Gasteiger partial charge in [-0.3, -0.25) is 10.1 Å². The molecule has 0 saturated carbocycles. The quantitative estimate of drug-likeness (QED) is 0.475. The summed E-state index contributed by atoms with van der Waals surface area (Å²) >= 11 is 1.28. The Balaban J connectivity index is 2.22. The maximum atomic E-state index is 12.1. The molecule has 0 aliphatic rings. The third-order valence-electron chi connectivity index (χ3n) is 2.87. The second kappa shape index (κ2) is 8.50. The molecule has 24 heavy (non-hydrogen) atoms. The third kappa shape index (κ3) is 4.44. The molecule has 0 fully saturated rings. The van der Waals surface area contributed by atoms with Crippen LogP contribution < -0.4 is 14.8 Å². The highest BCUT2D eigenvalue weighted by molar-refractivity contribution is 7.13. The van der Waals surface area contributed by atoms with Gasteiger partial charge in [0.05, 0.1) is 7.11 Å². The van der Waals surface area contributed by atoms with E-state index >= 15 is 0 Å². The second-order valence-corrected chi connectivity index (χ2v) is 5.37. The minimum Gasteiger partial charge on any atom is -0.493 e. The van der Waals surface area contributed by atoms with Crippen molar-refractivity contribution < 1.29 is 14.3 Å². The Kier molecular flexibility index (Phi) is 6.11. The lowest BCUT2D eigenvalue weighted by molar-refractivity contribution is -0.112. The largest absolute Gasteiger partial charge is 0.493 e. The van der Waals surface area contributed by atoms with Crippen LogP contribution in [0, 0.1) is 11.3 Å². The number of hydrogen-bond donors (Lipinski definition) is 1. The highest BCUT2D eigenvalue weighted by atomic mass is 32.1. The van der Waals surface area contributed by atoms with Crippen molar-refractivity contribution in [3.8, 4) is 17.6 Å². The van der Waals surface area contributed by atoms with Gasteiger partial charge in [0.2, 0.25) is 0 Å². The van der Waals surface area contributed by atoms with Crippen LogP contribution in [0.5, 0.6) is 11.5 Å². The summed E-state index contributed by atoms with van der Waals surface area (Å²) in [6.45, 7) is 3.94. The fourth-order valence-corrected chi connectivity index (χ4v) is 2.33. The van der Waals surface area contributed by atoms with Gasteiger partial charge in [-0.05, 0) is 23.8 Å². The fraction of sp³-hybridized carbons (Fsp3) is 0.118. The Morgan fingerprint density at radius 3 is 2.96 bits per heavy atom. The van der Waals surface area contributed by atoms with Crippen molar-refractivity contribution in [2.24, 2.45) is 0 Å². The molecule has 2 aromatic rings. The summed E-state index contributed by atoms with van der Waals surface area (Å²) in [4.78, 5) is 16.1. The zero-order chi connectivity index (χ0) is 17.4. The van der Waals surface area contributed by atoms with E-state index in [0.717, 1.165) is 0 Å². The lowest BCUT2D eigenvalue weighted by atomic mass is 10.1. The highest BCUT2D eigenvalue weighted by Crippen LogP contribution is 2.29. The number of nitrogens with one attached hydrogen (secondary N) is 1. The molecule has 0 aliphatic carbocycles. The zero-order valence-corrected chi connectivity index (χ0v) is 13.8. The van der Waals surface area contributed by atoms with Crippen LogP contribution in [0.15, 0.2) is 48.0 Å². The number of methoxy groups -OCH3 is 1. The van der Waals surface area contributed by atoms with Gasteiger partial charge in [-0.25, -0.2) is 4.98 Å². The molecule has 1 amide bonds. The van der Waals surface area contributed by atoms with E-state index in [1.165, 1.54) is 24.5 Å². The number of hydrogen-bond acceptors (Lipinski definition) is 6. The first-order valence-corrected chi connectivity index (χ1v) is 7.80. The maximum Gasteiger partial charge on any atom is 0.268 e. The van der Waals surface area contributed by atoms with Gasteiger partial charge in [-0.2, -0.15) is 5.26 Å². The van der Waals surface area contributed by atoms with Crippen LogP contribution in [0.4, 0.5) is 5.13 Å². The van der Waals surface area contributed by atoms with Crippen LogP contribution in [-0.4, -0.2) is 24.6 Å². The van der Waals surface area contributed by atoms with Crippen molar-refractivity contribution >= 4 is 28.5 Å². The molecule has 0 bridgehead atoms. The summed E-state index contributed by atoms with van der Waals surface area (Å²) in [5.41, 5.74) is 0.607. The molecule has 0 atom stereocenters. The van der Waals surface area contributed by atoms with E-state index in [9.17, 15) is 10.1 Å². The van der Waals surface area contributed by atoms with Gasteiger partial charge >= 0.3 is 0 Å². The molecule has 0 saturated heterocycles. The van der Waals surface area contributed by atoms with Crippen LogP contribution in [0.2, 0.25) is 0 Å². The van der Waals surface area contributed by atoms with Gasteiger partial charge in [0.15, 0.2) is 16.6 Å². The van der Waals surface area contributed by atoms with Crippen molar-refractivity contribution in [1.82, 2.24) is 4.98 Å². The third-order valence-corrected chi connectivity index (χ3v) is 3.56. The highest BCUT2D eigenvalue weighted by Gasteiger charge is 2.12. The molecule has 6 nitrogen and oxygen atoms in total. The Morgan fingerprint density at radius 1 is 1.50 bits per heavy atom. The number of carbonyl (C=O) groups is 1. The standard InChI is InChI=1S/C17H15N3O3S/c1-3-7-23-14-5-4-12(10-15(14)22-2)9-13(11-18)16(21)20-17-19-6-8-24-17/h3-6,8-10H,1,7H2,2H3,(H,19,20,21)/b13-9+. The normalized spacial score (nSPS) is 10.6. The number of ether oxygens (including phenoxy) is 2. The first-order valence-electron chi connectivity index (χ1n) is 6.92. The lowest BCUT2D eigenvalue weighted by Crippen LogP contribution is -2.13. The molecule has 122 valence electrons. The van der Waals surface area contributed by atoms with E-state index in [1.807, 2.05) is 6.07 Å². The van der Waals surface area contributed by atoms with Gasteiger partial charge < -0.3 is 9.47 Å². The molecule has 0 radical (unpaired) electrons. The topological polar surface area (TPSA) is 84.2 Å². The number of thiazole rings is 1. The number of anilines is 1.